The summed E-state index contributed by atoms with van der Waals surface area (Å²) in [4.78, 5) is 38.4. The summed E-state index contributed by atoms with van der Waals surface area (Å²) < 4.78 is 21.2. The van der Waals surface area contributed by atoms with Crippen molar-refractivity contribution in [2.75, 3.05) is 20.3 Å². The van der Waals surface area contributed by atoms with E-state index in [0.717, 1.165) is 0 Å². The van der Waals surface area contributed by atoms with E-state index in [1.54, 1.807) is 24.3 Å². The van der Waals surface area contributed by atoms with Crippen LogP contribution in [0.25, 0.3) is 6.08 Å². The first-order chi connectivity index (χ1) is 13.9. The lowest BCUT2D eigenvalue weighted by molar-refractivity contribution is -0.769. The van der Waals surface area contributed by atoms with Gasteiger partial charge in [-0.3, -0.25) is 9.59 Å². The Bertz CT molecular complexity index is 826. The van der Waals surface area contributed by atoms with E-state index in [4.69, 9.17) is 18.9 Å². The number of amides is 1. The van der Waals surface area contributed by atoms with Crippen LogP contribution in [0.15, 0.2) is 24.3 Å². The number of hydrogen-bond acceptors (Lipinski definition) is 9. The highest BCUT2D eigenvalue weighted by molar-refractivity contribution is 5.92. The number of rotatable bonds is 7. The number of carbonyl (C=O) groups excluding carboxylic acids is 2. The third kappa shape index (κ3) is 5.00. The summed E-state index contributed by atoms with van der Waals surface area (Å²) in [6, 6.07) is 4.41. The van der Waals surface area contributed by atoms with Gasteiger partial charge in [-0.05, 0) is 23.8 Å². The molecule has 1 amide bonds. The van der Waals surface area contributed by atoms with Crippen molar-refractivity contribution in [3.8, 4) is 11.5 Å². The minimum Gasteiger partial charge on any atom is -0.493 e. The minimum absolute atomic E-state index is 0.0208. The second-order valence-corrected chi connectivity index (χ2v) is 6.42. The molecule has 0 unspecified atom stereocenters. The second kappa shape index (κ2) is 8.88. The highest BCUT2D eigenvalue weighted by atomic mass is 17.0. The van der Waals surface area contributed by atoms with Crippen molar-refractivity contribution in [3.05, 3.63) is 40.0 Å². The quantitative estimate of drug-likeness (QED) is 0.225. The monoisotopic (exact) mass is 408 g/mol. The molecule has 156 valence electrons. The Labute approximate surface area is 165 Å². The number of nitrogens with zero attached hydrogens (tertiary/aromatic N) is 1. The number of benzene rings is 1. The first-order valence-electron chi connectivity index (χ1n) is 8.76. The summed E-state index contributed by atoms with van der Waals surface area (Å²) >= 11 is 0. The first kappa shape index (κ1) is 20.6. The van der Waals surface area contributed by atoms with Gasteiger partial charge in [-0.2, -0.15) is 0 Å². The maximum Gasteiger partial charge on any atom is 0.308 e. The Morgan fingerprint density at radius 1 is 1.24 bits per heavy atom. The molecule has 4 atom stereocenters. The lowest BCUT2D eigenvalue weighted by atomic mass is 10.1. The molecule has 2 aliphatic rings. The van der Waals surface area contributed by atoms with Crippen LogP contribution < -0.4 is 14.8 Å². The van der Waals surface area contributed by atoms with Crippen LogP contribution >= 0.6 is 0 Å². The van der Waals surface area contributed by atoms with Crippen molar-refractivity contribution in [3.63, 3.8) is 0 Å². The molecular weight excluding hydrogens is 388 g/mol. The summed E-state index contributed by atoms with van der Waals surface area (Å²) in [6.45, 7) is 1.47. The molecule has 2 saturated heterocycles. The number of fused-ring (bicyclic) bond motifs is 1. The van der Waals surface area contributed by atoms with Crippen molar-refractivity contribution >= 4 is 18.0 Å². The molecule has 1 N–H and O–H groups in total. The molecule has 0 radical (unpaired) electrons. The molecule has 0 spiro atoms. The van der Waals surface area contributed by atoms with Gasteiger partial charge in [0.1, 0.15) is 12.2 Å². The largest absolute Gasteiger partial charge is 0.493 e. The maximum absolute atomic E-state index is 12.2. The molecule has 2 heterocycles. The highest BCUT2D eigenvalue weighted by Gasteiger charge is 2.49. The Morgan fingerprint density at radius 3 is 2.69 bits per heavy atom. The SMILES string of the molecule is COc1cc(/C=C/C(=O)N[C@H]2CO[C@@H]3[C@H]2OC[C@@H]3O[N+](=O)[O-])ccc1OC(C)=O. The molecule has 2 fully saturated rings. The van der Waals surface area contributed by atoms with Crippen molar-refractivity contribution in [1.82, 2.24) is 5.32 Å². The Kier molecular flexibility index (Phi) is 6.29. The summed E-state index contributed by atoms with van der Waals surface area (Å²) in [5.74, 6) is -0.223. The van der Waals surface area contributed by atoms with Gasteiger partial charge in [0.25, 0.3) is 5.09 Å². The highest BCUT2D eigenvalue weighted by Crippen LogP contribution is 2.30. The van der Waals surface area contributed by atoms with Crippen molar-refractivity contribution in [1.29, 1.82) is 0 Å². The number of ether oxygens (including phenoxy) is 4. The second-order valence-electron chi connectivity index (χ2n) is 6.42. The van der Waals surface area contributed by atoms with Crippen LogP contribution in [-0.4, -0.2) is 61.6 Å². The normalized spacial score (nSPS) is 25.4. The average Bonchev–Trinajstić information content (AvgIpc) is 3.23. The zero-order chi connectivity index (χ0) is 21.0. The Morgan fingerprint density at radius 2 is 2.00 bits per heavy atom. The van der Waals surface area contributed by atoms with Crippen molar-refractivity contribution in [2.45, 2.75) is 31.3 Å². The van der Waals surface area contributed by atoms with Crippen molar-refractivity contribution in [2.24, 2.45) is 0 Å². The summed E-state index contributed by atoms with van der Waals surface area (Å²) in [5, 5.41) is 12.4. The fourth-order valence-electron chi connectivity index (χ4n) is 3.22. The number of esters is 1. The van der Waals surface area contributed by atoms with E-state index < -0.39 is 35.4 Å². The molecule has 1 aromatic rings. The molecule has 29 heavy (non-hydrogen) atoms. The standard InChI is InChI=1S/C18H20N2O9/c1-10(21)28-13-5-3-11(7-14(13)25-2)4-6-16(22)19-12-8-26-18-15(29-20(23)24)9-27-17(12)18/h3-7,12,15,17-18H,8-9H2,1-2H3,(H,19,22)/b6-4+/t12-,15-,17-,18-/m0/s1. The van der Waals surface area contributed by atoms with Crippen LogP contribution in [0.5, 0.6) is 11.5 Å². The average molecular weight is 408 g/mol. The topological polar surface area (TPSA) is 135 Å². The van der Waals surface area contributed by atoms with Gasteiger partial charge in [0.05, 0.1) is 26.4 Å². The number of methoxy groups -OCH3 is 1. The molecule has 2 aliphatic heterocycles. The molecule has 0 saturated carbocycles. The van der Waals surface area contributed by atoms with Gasteiger partial charge in [0.2, 0.25) is 5.91 Å². The van der Waals surface area contributed by atoms with Crippen LogP contribution in [0.4, 0.5) is 0 Å². The van der Waals surface area contributed by atoms with Crippen LogP contribution in [-0.2, 0) is 23.9 Å². The van der Waals surface area contributed by atoms with E-state index in [0.29, 0.717) is 11.3 Å². The van der Waals surface area contributed by atoms with Gasteiger partial charge in [0, 0.05) is 13.0 Å². The fraction of sp³-hybridized carbons (Fsp3) is 0.444. The fourth-order valence-corrected chi connectivity index (χ4v) is 3.22. The molecule has 0 aromatic heterocycles. The zero-order valence-electron chi connectivity index (χ0n) is 15.7. The molecule has 0 bridgehead atoms. The van der Waals surface area contributed by atoms with E-state index in [1.165, 1.54) is 20.1 Å². The van der Waals surface area contributed by atoms with Crippen molar-refractivity contribution < 1.29 is 38.5 Å². The smallest absolute Gasteiger partial charge is 0.308 e. The van der Waals surface area contributed by atoms with E-state index in [1.807, 2.05) is 0 Å². The Hall–Kier alpha value is -3.18. The van der Waals surface area contributed by atoms with Gasteiger partial charge in [0.15, 0.2) is 17.6 Å². The number of hydrogen-bond donors (Lipinski definition) is 1. The predicted octanol–water partition coefficient (Wildman–Crippen LogP) is 0.493. The maximum atomic E-state index is 12.2. The van der Waals surface area contributed by atoms with Crippen LogP contribution in [0.3, 0.4) is 0 Å². The minimum atomic E-state index is -0.880. The first-order valence-corrected chi connectivity index (χ1v) is 8.76. The summed E-state index contributed by atoms with van der Waals surface area (Å²) in [7, 11) is 1.44. The molecule has 11 heteroatoms. The number of carbonyl (C=O) groups is 2. The summed E-state index contributed by atoms with van der Waals surface area (Å²) in [6.07, 6.45) is 0.966. The van der Waals surface area contributed by atoms with Gasteiger partial charge in [-0.15, -0.1) is 10.1 Å². The van der Waals surface area contributed by atoms with Crippen LogP contribution in [0.1, 0.15) is 12.5 Å². The van der Waals surface area contributed by atoms with Gasteiger partial charge in [-0.25, -0.2) is 0 Å². The van der Waals surface area contributed by atoms with E-state index in [9.17, 15) is 19.7 Å². The molecule has 11 nitrogen and oxygen atoms in total. The molecular formula is C18H20N2O9. The van der Waals surface area contributed by atoms with Gasteiger partial charge in [-0.1, -0.05) is 6.07 Å². The van der Waals surface area contributed by atoms with Crippen LogP contribution in [0, 0.1) is 10.1 Å². The predicted molar refractivity (Wildman–Crippen MR) is 96.6 cm³/mol. The van der Waals surface area contributed by atoms with E-state index >= 15 is 0 Å². The van der Waals surface area contributed by atoms with E-state index in [-0.39, 0.29) is 24.9 Å². The third-order valence-electron chi connectivity index (χ3n) is 4.43. The molecule has 3 rings (SSSR count). The van der Waals surface area contributed by atoms with E-state index in [2.05, 4.69) is 10.2 Å². The lowest BCUT2D eigenvalue weighted by Gasteiger charge is -2.16. The van der Waals surface area contributed by atoms with Crippen LogP contribution in [0.2, 0.25) is 0 Å². The number of nitrogens with one attached hydrogen (secondary N) is 1. The molecule has 0 aliphatic carbocycles. The molecule has 1 aromatic carbocycles. The van der Waals surface area contributed by atoms with Gasteiger partial charge < -0.3 is 29.1 Å². The third-order valence-corrected chi connectivity index (χ3v) is 4.43. The zero-order valence-corrected chi connectivity index (χ0v) is 15.7. The Balaban J connectivity index is 1.58. The van der Waals surface area contributed by atoms with Gasteiger partial charge >= 0.3 is 5.97 Å². The lowest BCUT2D eigenvalue weighted by Crippen LogP contribution is -2.43. The summed E-state index contributed by atoms with van der Waals surface area (Å²) in [5.41, 5.74) is 0.657.